The molecule has 0 aliphatic carbocycles. The molecule has 4 heteroatoms. The van der Waals surface area contributed by atoms with Gasteiger partial charge in [0.05, 0.1) is 5.57 Å². The number of hydrogen-bond donors (Lipinski definition) is 1. The summed E-state index contributed by atoms with van der Waals surface area (Å²) in [5.41, 5.74) is 4.41. The second-order valence-electron chi connectivity index (χ2n) is 2.20. The van der Waals surface area contributed by atoms with Gasteiger partial charge in [0.25, 0.3) is 0 Å². The van der Waals surface area contributed by atoms with Gasteiger partial charge in [-0.25, -0.2) is 0 Å². The molecule has 0 aromatic carbocycles. The molecule has 0 saturated carbocycles. The van der Waals surface area contributed by atoms with Gasteiger partial charge in [-0.3, -0.25) is 0 Å². The number of hydrogen-bond acceptors (Lipinski definition) is 1. The van der Waals surface area contributed by atoms with Crippen molar-refractivity contribution in [2.24, 2.45) is 5.73 Å². The van der Waals surface area contributed by atoms with Crippen LogP contribution in [-0.4, -0.2) is 12.7 Å². The van der Waals surface area contributed by atoms with Gasteiger partial charge in [0.15, 0.2) is 0 Å². The lowest BCUT2D eigenvalue weighted by Crippen LogP contribution is -2.10. The fourth-order valence-electron chi connectivity index (χ4n) is 0.693. The summed E-state index contributed by atoms with van der Waals surface area (Å²) in [5.74, 6) is 0. The number of halogens is 3. The molecule has 0 heterocycles. The number of alkyl halides is 3. The lowest BCUT2D eigenvalue weighted by molar-refractivity contribution is -0.0884. The molecule has 2 N–H and O–H groups in total. The normalized spacial score (nSPS) is 14.2. The molecule has 0 amide bonds. The Labute approximate surface area is 69.8 Å². The fraction of sp³-hybridized carbons (Fsp3) is 0.500. The van der Waals surface area contributed by atoms with Gasteiger partial charge in [-0.1, -0.05) is 25.2 Å². The standard InChI is InChI=1S/C8H12F3N/c1-2-4-7(5-3-6-12)8(9,10)11/h3-5H,2,6,12H2,1H3/b5-3-,7-4+. The van der Waals surface area contributed by atoms with Crippen LogP contribution < -0.4 is 5.73 Å². The molecule has 0 aromatic heterocycles. The molecule has 70 valence electrons. The molecule has 0 aliphatic rings. The van der Waals surface area contributed by atoms with Crippen molar-refractivity contribution in [1.29, 1.82) is 0 Å². The van der Waals surface area contributed by atoms with Gasteiger partial charge in [0.1, 0.15) is 0 Å². The molecule has 0 rings (SSSR count). The maximum absolute atomic E-state index is 12.1. The highest BCUT2D eigenvalue weighted by Gasteiger charge is 2.30. The Bertz CT molecular complexity index is 179. The van der Waals surface area contributed by atoms with Crippen molar-refractivity contribution in [3.05, 3.63) is 23.8 Å². The van der Waals surface area contributed by atoms with E-state index in [0.29, 0.717) is 6.42 Å². The quantitative estimate of drug-likeness (QED) is 0.661. The predicted octanol–water partition coefficient (Wildman–Crippen LogP) is 2.40. The third kappa shape index (κ3) is 4.18. The van der Waals surface area contributed by atoms with E-state index in [4.69, 9.17) is 5.73 Å². The van der Waals surface area contributed by atoms with Crippen molar-refractivity contribution in [3.63, 3.8) is 0 Å². The smallest absolute Gasteiger partial charge is 0.327 e. The zero-order valence-electron chi connectivity index (χ0n) is 6.86. The van der Waals surface area contributed by atoms with Gasteiger partial charge in [0.2, 0.25) is 0 Å². The Morgan fingerprint density at radius 1 is 1.42 bits per heavy atom. The zero-order valence-corrected chi connectivity index (χ0v) is 6.86. The van der Waals surface area contributed by atoms with E-state index in [0.717, 1.165) is 12.2 Å². The van der Waals surface area contributed by atoms with Crippen LogP contribution in [-0.2, 0) is 0 Å². The minimum atomic E-state index is -4.26. The third-order valence-corrected chi connectivity index (χ3v) is 1.18. The summed E-state index contributed by atoms with van der Waals surface area (Å²) < 4.78 is 36.2. The first-order chi connectivity index (χ1) is 5.52. The lowest BCUT2D eigenvalue weighted by atomic mass is 10.2. The van der Waals surface area contributed by atoms with E-state index in [-0.39, 0.29) is 6.54 Å². The maximum atomic E-state index is 12.1. The first kappa shape index (κ1) is 11.2. The number of nitrogens with two attached hydrogens (primary N) is 1. The van der Waals surface area contributed by atoms with E-state index in [1.165, 1.54) is 6.08 Å². The van der Waals surface area contributed by atoms with Gasteiger partial charge in [-0.05, 0) is 6.42 Å². The first-order valence-corrected chi connectivity index (χ1v) is 3.66. The molecule has 0 fully saturated rings. The molecule has 0 spiro atoms. The van der Waals surface area contributed by atoms with Crippen LogP contribution in [0.25, 0.3) is 0 Å². The Hall–Kier alpha value is -0.770. The van der Waals surface area contributed by atoms with Crippen LogP contribution in [0.15, 0.2) is 23.8 Å². The minimum Gasteiger partial charge on any atom is -0.327 e. The van der Waals surface area contributed by atoms with E-state index in [9.17, 15) is 13.2 Å². The molecular formula is C8H12F3N. The second-order valence-corrected chi connectivity index (χ2v) is 2.20. The van der Waals surface area contributed by atoms with Crippen molar-refractivity contribution >= 4 is 0 Å². The third-order valence-electron chi connectivity index (χ3n) is 1.18. The summed E-state index contributed by atoms with van der Waals surface area (Å²) in [6.07, 6.45) is -0.476. The second kappa shape index (κ2) is 4.98. The average Bonchev–Trinajstić information content (AvgIpc) is 1.95. The van der Waals surface area contributed by atoms with E-state index in [2.05, 4.69) is 0 Å². The summed E-state index contributed by atoms with van der Waals surface area (Å²) in [4.78, 5) is 0. The summed E-state index contributed by atoms with van der Waals surface area (Å²) in [5, 5.41) is 0. The van der Waals surface area contributed by atoms with Crippen molar-refractivity contribution < 1.29 is 13.2 Å². The SMILES string of the molecule is CC/C=C(\C=C/CN)C(F)(F)F. The summed E-state index contributed by atoms with van der Waals surface area (Å²) >= 11 is 0. The van der Waals surface area contributed by atoms with Crippen molar-refractivity contribution in [1.82, 2.24) is 0 Å². The van der Waals surface area contributed by atoms with Gasteiger partial charge in [0, 0.05) is 6.54 Å². The largest absolute Gasteiger partial charge is 0.416 e. The van der Waals surface area contributed by atoms with Crippen molar-refractivity contribution in [2.45, 2.75) is 19.5 Å². The molecule has 1 nitrogen and oxygen atoms in total. The molecule has 0 atom stereocenters. The summed E-state index contributed by atoms with van der Waals surface area (Å²) in [7, 11) is 0. The van der Waals surface area contributed by atoms with Crippen molar-refractivity contribution in [2.75, 3.05) is 6.54 Å². The monoisotopic (exact) mass is 179 g/mol. The lowest BCUT2D eigenvalue weighted by Gasteiger charge is -2.06. The van der Waals surface area contributed by atoms with Crippen LogP contribution in [0.5, 0.6) is 0 Å². The van der Waals surface area contributed by atoms with Gasteiger partial charge in [-0.15, -0.1) is 0 Å². The summed E-state index contributed by atoms with van der Waals surface area (Å²) in [6, 6.07) is 0. The fourth-order valence-corrected chi connectivity index (χ4v) is 0.693. The average molecular weight is 179 g/mol. The van der Waals surface area contributed by atoms with E-state index in [1.807, 2.05) is 0 Å². The Morgan fingerprint density at radius 3 is 2.33 bits per heavy atom. The molecular weight excluding hydrogens is 167 g/mol. The highest BCUT2D eigenvalue weighted by atomic mass is 19.4. The Balaban J connectivity index is 4.46. The van der Waals surface area contributed by atoms with E-state index < -0.39 is 11.7 Å². The predicted molar refractivity (Wildman–Crippen MR) is 42.6 cm³/mol. The number of allylic oxidation sites excluding steroid dienone is 3. The topological polar surface area (TPSA) is 26.0 Å². The summed E-state index contributed by atoms with van der Waals surface area (Å²) in [6.45, 7) is 1.78. The molecule has 0 saturated heterocycles. The highest BCUT2D eigenvalue weighted by Crippen LogP contribution is 2.26. The van der Waals surface area contributed by atoms with Gasteiger partial charge < -0.3 is 5.73 Å². The Kier molecular flexibility index (Phi) is 4.66. The molecule has 0 aromatic rings. The van der Waals surface area contributed by atoms with Crippen molar-refractivity contribution in [3.8, 4) is 0 Å². The van der Waals surface area contributed by atoms with Crippen LogP contribution in [0.3, 0.4) is 0 Å². The molecule has 0 bridgehead atoms. The molecule has 0 aliphatic heterocycles. The van der Waals surface area contributed by atoms with Gasteiger partial charge >= 0.3 is 6.18 Å². The van der Waals surface area contributed by atoms with Gasteiger partial charge in [-0.2, -0.15) is 13.2 Å². The first-order valence-electron chi connectivity index (χ1n) is 3.66. The number of rotatable bonds is 3. The maximum Gasteiger partial charge on any atom is 0.416 e. The zero-order chi connectivity index (χ0) is 9.61. The molecule has 0 radical (unpaired) electrons. The van der Waals surface area contributed by atoms with Crippen LogP contribution in [0, 0.1) is 0 Å². The minimum absolute atomic E-state index is 0.122. The van der Waals surface area contributed by atoms with Crippen LogP contribution in [0.2, 0.25) is 0 Å². The van der Waals surface area contributed by atoms with E-state index >= 15 is 0 Å². The highest BCUT2D eigenvalue weighted by molar-refractivity contribution is 5.23. The Morgan fingerprint density at radius 2 is 2.00 bits per heavy atom. The van der Waals surface area contributed by atoms with Crippen LogP contribution in [0.4, 0.5) is 13.2 Å². The van der Waals surface area contributed by atoms with Crippen LogP contribution in [0.1, 0.15) is 13.3 Å². The van der Waals surface area contributed by atoms with Crippen LogP contribution >= 0.6 is 0 Å². The van der Waals surface area contributed by atoms with E-state index in [1.54, 1.807) is 6.92 Å². The molecule has 0 unspecified atom stereocenters. The molecule has 12 heavy (non-hydrogen) atoms.